The Balaban J connectivity index is 0. The zero-order valence-electron chi connectivity index (χ0n) is 26.7. The molecule has 224 valence electrons. The van der Waals surface area contributed by atoms with Gasteiger partial charge in [-0.05, 0) is 86.9 Å². The first kappa shape index (κ1) is 38.3. The van der Waals surface area contributed by atoms with Crippen LogP contribution in [0.2, 0.25) is 0 Å². The van der Waals surface area contributed by atoms with Crippen LogP contribution in [0.5, 0.6) is 0 Å². The van der Waals surface area contributed by atoms with Crippen LogP contribution < -0.4 is 5.73 Å². The topological polar surface area (TPSA) is 144 Å². The molecule has 0 radical (unpaired) electrons. The van der Waals surface area contributed by atoms with Gasteiger partial charge in [0.1, 0.15) is 16.8 Å². The lowest BCUT2D eigenvalue weighted by molar-refractivity contribution is 0.0147. The number of nitriles is 1. The molecule has 10 heteroatoms. The SMILES string of the molecule is CC.CC.CC(/C(=N/C(=O)OC(C)(C)C)N(C(=O)OC(C)(C)C)C(=O)OC(C)(C)C)=C(/N)c1ccc(C#N)cc1. The quantitative estimate of drug-likeness (QED) is 0.219. The van der Waals surface area contributed by atoms with E-state index in [1.165, 1.54) is 6.92 Å². The van der Waals surface area contributed by atoms with Crippen molar-refractivity contribution in [2.75, 3.05) is 0 Å². The molecule has 0 bridgehead atoms. The molecule has 0 atom stereocenters. The van der Waals surface area contributed by atoms with Gasteiger partial charge in [0, 0.05) is 11.3 Å². The van der Waals surface area contributed by atoms with Gasteiger partial charge >= 0.3 is 18.3 Å². The monoisotopic (exact) mass is 560 g/mol. The lowest BCUT2D eigenvalue weighted by Gasteiger charge is -2.29. The summed E-state index contributed by atoms with van der Waals surface area (Å²) in [5.74, 6) is -0.422. The van der Waals surface area contributed by atoms with Crippen LogP contribution in [-0.2, 0) is 14.2 Å². The molecule has 1 rings (SSSR count). The van der Waals surface area contributed by atoms with Crippen LogP contribution in [0.15, 0.2) is 34.8 Å². The molecule has 1 aromatic carbocycles. The molecule has 0 aliphatic rings. The van der Waals surface area contributed by atoms with Gasteiger partial charge in [0.05, 0.1) is 11.6 Å². The van der Waals surface area contributed by atoms with Crippen molar-refractivity contribution in [3.05, 3.63) is 41.0 Å². The molecule has 0 aliphatic carbocycles. The van der Waals surface area contributed by atoms with E-state index in [1.54, 1.807) is 86.6 Å². The third kappa shape index (κ3) is 14.3. The molecule has 0 fully saturated rings. The molecule has 3 amide bonds. The second kappa shape index (κ2) is 16.3. The van der Waals surface area contributed by atoms with Crippen LogP contribution in [0.4, 0.5) is 14.4 Å². The van der Waals surface area contributed by atoms with Gasteiger partial charge in [0.15, 0.2) is 5.84 Å². The number of aliphatic imine (C=N–C) groups is 1. The fourth-order valence-electron chi connectivity index (χ4n) is 2.60. The molecule has 0 unspecified atom stereocenters. The third-order valence-electron chi connectivity index (χ3n) is 4.02. The highest BCUT2D eigenvalue weighted by atomic mass is 16.6. The van der Waals surface area contributed by atoms with Crippen LogP contribution in [-0.4, -0.2) is 45.8 Å². The Hall–Kier alpha value is -3.87. The normalized spacial score (nSPS) is 12.2. The van der Waals surface area contributed by atoms with Gasteiger partial charge in [-0.15, -0.1) is 0 Å². The molecule has 0 aliphatic heterocycles. The average Bonchev–Trinajstić information content (AvgIpc) is 2.82. The number of ether oxygens (including phenoxy) is 3. The number of hydrogen-bond acceptors (Lipinski definition) is 8. The molecular formula is C30H48N4O6. The minimum absolute atomic E-state index is 0.0962. The number of carbonyl (C=O) groups is 3. The Kier molecular flexibility index (Phi) is 15.6. The van der Waals surface area contributed by atoms with Gasteiger partial charge < -0.3 is 19.9 Å². The highest BCUT2D eigenvalue weighted by molar-refractivity contribution is 6.19. The van der Waals surface area contributed by atoms with Gasteiger partial charge in [-0.2, -0.15) is 15.2 Å². The standard InChI is InChI=1S/C26H36N4O6.2C2H6/c1-16(19(28)18-13-11-17(15-27)12-14-18)20(29-21(31)34-24(2,3)4)30(22(32)35-25(5,6)7)23(33)36-26(8,9)10;2*1-2/h11-14H,28H2,1-10H3;2*1-2H3/b19-16-,29-20-;;. The van der Waals surface area contributed by atoms with Crippen molar-refractivity contribution in [3.63, 3.8) is 0 Å². The molecule has 2 N–H and O–H groups in total. The van der Waals surface area contributed by atoms with E-state index in [0.717, 1.165) is 0 Å². The Morgan fingerprint density at radius 2 is 1.15 bits per heavy atom. The molecule has 1 aromatic rings. The Morgan fingerprint density at radius 3 is 1.48 bits per heavy atom. The number of nitrogens with two attached hydrogens (primary N) is 1. The highest BCUT2D eigenvalue weighted by Gasteiger charge is 2.37. The molecule has 0 aromatic heterocycles. The van der Waals surface area contributed by atoms with Crippen molar-refractivity contribution < 1.29 is 28.6 Å². The van der Waals surface area contributed by atoms with Crippen LogP contribution in [0.3, 0.4) is 0 Å². The molecular weight excluding hydrogens is 512 g/mol. The van der Waals surface area contributed by atoms with Crippen LogP contribution >= 0.6 is 0 Å². The zero-order valence-corrected chi connectivity index (χ0v) is 26.7. The zero-order chi connectivity index (χ0) is 32.1. The number of imide groups is 1. The minimum atomic E-state index is -1.12. The predicted molar refractivity (Wildman–Crippen MR) is 159 cm³/mol. The molecule has 0 saturated heterocycles. The van der Waals surface area contributed by atoms with E-state index >= 15 is 0 Å². The summed E-state index contributed by atoms with van der Waals surface area (Å²) in [6, 6.07) is 8.30. The van der Waals surface area contributed by atoms with Crippen LogP contribution in [0.25, 0.3) is 5.70 Å². The number of amidine groups is 1. The molecule has 40 heavy (non-hydrogen) atoms. The first-order valence-electron chi connectivity index (χ1n) is 13.3. The summed E-state index contributed by atoms with van der Waals surface area (Å²) in [5, 5.41) is 9.06. The Morgan fingerprint density at radius 1 is 0.775 bits per heavy atom. The van der Waals surface area contributed by atoms with Gasteiger partial charge in [0.25, 0.3) is 0 Å². The van der Waals surface area contributed by atoms with Crippen LogP contribution in [0, 0.1) is 11.3 Å². The van der Waals surface area contributed by atoms with Crippen molar-refractivity contribution in [2.24, 2.45) is 10.7 Å². The van der Waals surface area contributed by atoms with Crippen molar-refractivity contribution in [1.29, 1.82) is 5.26 Å². The summed E-state index contributed by atoms with van der Waals surface area (Å²) >= 11 is 0. The van der Waals surface area contributed by atoms with Crippen molar-refractivity contribution in [3.8, 4) is 6.07 Å². The largest absolute Gasteiger partial charge is 0.443 e. The number of benzene rings is 1. The maximum atomic E-state index is 13.2. The summed E-state index contributed by atoms with van der Waals surface area (Å²) in [7, 11) is 0. The first-order valence-corrected chi connectivity index (χ1v) is 13.3. The first-order chi connectivity index (χ1) is 18.2. The van der Waals surface area contributed by atoms with E-state index in [4.69, 9.17) is 25.2 Å². The maximum absolute atomic E-state index is 13.2. The lowest BCUT2D eigenvalue weighted by atomic mass is 10.0. The van der Waals surface area contributed by atoms with Crippen LogP contribution in [0.1, 0.15) is 108 Å². The Labute approximate surface area is 240 Å². The van der Waals surface area contributed by atoms with Gasteiger partial charge in [0.2, 0.25) is 0 Å². The molecule has 0 spiro atoms. The number of rotatable bonds is 2. The van der Waals surface area contributed by atoms with Crippen molar-refractivity contribution in [1.82, 2.24) is 4.90 Å². The van der Waals surface area contributed by atoms with E-state index < -0.39 is 40.9 Å². The summed E-state index contributed by atoms with van der Waals surface area (Å²) in [6.45, 7) is 24.2. The molecule has 0 heterocycles. The number of hydrogen-bond donors (Lipinski definition) is 1. The maximum Gasteiger partial charge on any atom is 0.436 e. The summed E-state index contributed by atoms with van der Waals surface area (Å²) in [6.07, 6.45) is -3.29. The second-order valence-electron chi connectivity index (χ2n) is 10.9. The summed E-state index contributed by atoms with van der Waals surface area (Å²) < 4.78 is 16.1. The second-order valence-corrected chi connectivity index (χ2v) is 10.9. The lowest BCUT2D eigenvalue weighted by Crippen LogP contribution is -2.48. The fraction of sp³-hybridized carbons (Fsp3) is 0.567. The fourth-order valence-corrected chi connectivity index (χ4v) is 2.60. The summed E-state index contributed by atoms with van der Waals surface area (Å²) in [5.41, 5.74) is 4.58. The van der Waals surface area contributed by atoms with E-state index in [2.05, 4.69) is 4.99 Å². The third-order valence-corrected chi connectivity index (χ3v) is 4.02. The molecule has 0 saturated carbocycles. The Bertz CT molecular complexity index is 1070. The number of carbonyl (C=O) groups excluding carboxylic acids is 3. The minimum Gasteiger partial charge on any atom is -0.443 e. The number of amides is 3. The highest BCUT2D eigenvalue weighted by Crippen LogP contribution is 2.22. The van der Waals surface area contributed by atoms with Gasteiger partial charge in [-0.25, -0.2) is 14.4 Å². The smallest absolute Gasteiger partial charge is 0.436 e. The van der Waals surface area contributed by atoms with Crippen molar-refractivity contribution in [2.45, 2.75) is 114 Å². The van der Waals surface area contributed by atoms with E-state index in [1.807, 2.05) is 33.8 Å². The van der Waals surface area contributed by atoms with E-state index in [9.17, 15) is 14.4 Å². The average molecular weight is 561 g/mol. The van der Waals surface area contributed by atoms with E-state index in [-0.39, 0.29) is 11.3 Å². The summed E-state index contributed by atoms with van der Waals surface area (Å²) in [4.78, 5) is 43.6. The van der Waals surface area contributed by atoms with Crippen molar-refractivity contribution >= 4 is 29.8 Å². The predicted octanol–water partition coefficient (Wildman–Crippen LogP) is 7.81. The van der Waals surface area contributed by atoms with E-state index in [0.29, 0.717) is 16.0 Å². The number of nitrogens with zero attached hydrogens (tertiary/aromatic N) is 3. The van der Waals surface area contributed by atoms with Gasteiger partial charge in [-0.1, -0.05) is 39.8 Å². The molecule has 10 nitrogen and oxygen atoms in total. The van der Waals surface area contributed by atoms with Gasteiger partial charge in [-0.3, -0.25) is 0 Å².